The number of pyridine rings is 1. The number of fused-ring (bicyclic) bond motifs is 1. The van der Waals surface area contributed by atoms with Gasteiger partial charge in [0, 0.05) is 44.1 Å². The second-order valence-corrected chi connectivity index (χ2v) is 7.78. The molecule has 1 unspecified atom stereocenters. The highest BCUT2D eigenvalue weighted by molar-refractivity contribution is 5.96. The van der Waals surface area contributed by atoms with Crippen molar-refractivity contribution < 1.29 is 5.11 Å². The Hall–Kier alpha value is -2.91. The van der Waals surface area contributed by atoms with Crippen molar-refractivity contribution in [1.29, 1.82) is 5.26 Å². The third-order valence-corrected chi connectivity index (χ3v) is 5.82. The lowest BCUT2D eigenvalue weighted by atomic mass is 9.90. The molecule has 1 saturated heterocycles. The summed E-state index contributed by atoms with van der Waals surface area (Å²) in [7, 11) is 1.91. The van der Waals surface area contributed by atoms with Gasteiger partial charge in [0.25, 0.3) is 0 Å². The smallest absolute Gasteiger partial charge is 0.137 e. The third-order valence-electron chi connectivity index (χ3n) is 5.82. The molecule has 0 radical (unpaired) electrons. The number of anilines is 1. The first-order valence-electron chi connectivity index (χ1n) is 9.70. The monoisotopic (exact) mass is 375 g/mol. The van der Waals surface area contributed by atoms with E-state index in [1.165, 1.54) is 5.56 Å². The Morgan fingerprint density at radius 1 is 1.21 bits per heavy atom. The maximum Gasteiger partial charge on any atom is 0.137 e. The summed E-state index contributed by atoms with van der Waals surface area (Å²) in [5.74, 6) is 0.885. The predicted molar refractivity (Wildman–Crippen MR) is 109 cm³/mol. The molecule has 0 amide bonds. The van der Waals surface area contributed by atoms with Gasteiger partial charge in [-0.3, -0.25) is 4.98 Å². The second-order valence-electron chi connectivity index (χ2n) is 7.78. The van der Waals surface area contributed by atoms with Gasteiger partial charge in [0.2, 0.25) is 0 Å². The average molecular weight is 375 g/mol. The van der Waals surface area contributed by atoms with Crippen LogP contribution in [0.25, 0.3) is 10.9 Å². The maximum absolute atomic E-state index is 10.8. The highest BCUT2D eigenvalue weighted by Gasteiger charge is 2.30. The van der Waals surface area contributed by atoms with Gasteiger partial charge in [0.15, 0.2) is 0 Å². The van der Waals surface area contributed by atoms with Crippen molar-refractivity contribution in [3.63, 3.8) is 0 Å². The lowest BCUT2D eigenvalue weighted by Crippen LogP contribution is -2.36. The lowest BCUT2D eigenvalue weighted by molar-refractivity contribution is 0.0825. The van der Waals surface area contributed by atoms with Crippen LogP contribution in [0.3, 0.4) is 0 Å². The number of aliphatic hydroxyl groups excluding tert-OH is 1. The largest absolute Gasteiger partial charge is 0.385 e. The van der Waals surface area contributed by atoms with Gasteiger partial charge < -0.3 is 14.6 Å². The van der Waals surface area contributed by atoms with Gasteiger partial charge >= 0.3 is 0 Å². The predicted octanol–water partition coefficient (Wildman–Crippen LogP) is 3.41. The molecule has 1 aliphatic rings. The Morgan fingerprint density at radius 2 is 1.96 bits per heavy atom. The summed E-state index contributed by atoms with van der Waals surface area (Å²) < 4.78 is 1.88. The highest BCUT2D eigenvalue weighted by Crippen LogP contribution is 2.36. The number of imidazole rings is 1. The zero-order valence-corrected chi connectivity index (χ0v) is 16.6. The number of aliphatic hydroxyl groups is 1. The molecule has 6 nitrogen and oxygen atoms in total. The molecule has 0 aliphatic carbocycles. The molecule has 1 aliphatic heterocycles. The molecule has 1 N–H and O–H groups in total. The topological polar surface area (TPSA) is 78.0 Å². The molecule has 4 rings (SSSR count). The molecule has 6 heteroatoms. The molecule has 3 aromatic rings. The van der Waals surface area contributed by atoms with Crippen LogP contribution in [0.4, 0.5) is 5.69 Å². The molecule has 2 aromatic heterocycles. The van der Waals surface area contributed by atoms with Crippen molar-refractivity contribution in [2.75, 3.05) is 18.0 Å². The summed E-state index contributed by atoms with van der Waals surface area (Å²) in [4.78, 5) is 11.1. The molecule has 1 atom stereocenters. The molecule has 1 aromatic carbocycles. The van der Waals surface area contributed by atoms with Crippen molar-refractivity contribution in [3.05, 3.63) is 53.2 Å². The number of aromatic nitrogens is 3. The normalized spacial score (nSPS) is 16.3. The average Bonchev–Trinajstić information content (AvgIpc) is 3.12. The molecule has 0 saturated carbocycles. The van der Waals surface area contributed by atoms with Crippen molar-refractivity contribution >= 4 is 16.6 Å². The van der Waals surface area contributed by atoms with Gasteiger partial charge in [-0.15, -0.1) is 0 Å². The maximum atomic E-state index is 10.8. The van der Waals surface area contributed by atoms with E-state index in [2.05, 4.69) is 46.9 Å². The summed E-state index contributed by atoms with van der Waals surface area (Å²) in [6, 6.07) is 6.57. The van der Waals surface area contributed by atoms with Crippen LogP contribution in [0, 0.1) is 31.1 Å². The molecule has 0 bridgehead atoms. The minimum atomic E-state index is -0.559. The van der Waals surface area contributed by atoms with Crippen molar-refractivity contribution in [3.8, 4) is 6.07 Å². The summed E-state index contributed by atoms with van der Waals surface area (Å²) in [6.45, 7) is 5.73. The number of nitrogens with zero attached hydrogens (tertiary/aromatic N) is 5. The fourth-order valence-corrected chi connectivity index (χ4v) is 4.38. The zero-order chi connectivity index (χ0) is 19.8. The minimum Gasteiger partial charge on any atom is -0.385 e. The van der Waals surface area contributed by atoms with Crippen molar-refractivity contribution in [2.24, 2.45) is 13.0 Å². The van der Waals surface area contributed by atoms with Crippen molar-refractivity contribution in [1.82, 2.24) is 14.5 Å². The standard InChI is InChI=1S/C22H25N5O/c1-14-10-15(2)19-18(11-14)20(17(12-23)13-25-19)27-7-4-16(5-8-27)21(28)22-24-6-9-26(22)3/h6,9-11,13,16,21,28H,4-5,7-8H2,1-3H3. The fraction of sp³-hybridized carbons (Fsp3) is 0.409. The van der Waals surface area contributed by atoms with Crippen LogP contribution in [0.1, 0.15) is 41.5 Å². The van der Waals surface area contributed by atoms with E-state index in [1.807, 2.05) is 17.8 Å². The highest BCUT2D eigenvalue weighted by atomic mass is 16.3. The number of hydrogen-bond donors (Lipinski definition) is 1. The van der Waals surface area contributed by atoms with E-state index in [1.54, 1.807) is 12.4 Å². The first-order valence-corrected chi connectivity index (χ1v) is 9.70. The Kier molecular flexibility index (Phi) is 4.78. The molecule has 0 spiro atoms. The SMILES string of the molecule is Cc1cc(C)c2ncc(C#N)c(N3CCC(C(O)c4nccn4C)CC3)c2c1. The summed E-state index contributed by atoms with van der Waals surface area (Å²) in [5, 5.41) is 21.5. The van der Waals surface area contributed by atoms with Crippen LogP contribution in [0.5, 0.6) is 0 Å². The first-order chi connectivity index (χ1) is 13.5. The van der Waals surface area contributed by atoms with Crippen LogP contribution in [0.15, 0.2) is 30.7 Å². The Bertz CT molecular complexity index is 1060. The van der Waals surface area contributed by atoms with E-state index in [0.717, 1.165) is 53.9 Å². The molecule has 144 valence electrons. The minimum absolute atomic E-state index is 0.166. The van der Waals surface area contributed by atoms with Gasteiger partial charge in [0.05, 0.1) is 16.8 Å². The van der Waals surface area contributed by atoms with Gasteiger partial charge in [-0.05, 0) is 44.2 Å². The van der Waals surface area contributed by atoms with Gasteiger partial charge in [-0.1, -0.05) is 11.6 Å². The number of hydrogen-bond acceptors (Lipinski definition) is 5. The van der Waals surface area contributed by atoms with Gasteiger partial charge in [-0.2, -0.15) is 5.26 Å². The third kappa shape index (κ3) is 3.12. The Morgan fingerprint density at radius 3 is 2.61 bits per heavy atom. The van der Waals surface area contributed by atoms with E-state index in [4.69, 9.17) is 0 Å². The van der Waals surface area contributed by atoms with Crippen LogP contribution in [-0.2, 0) is 7.05 Å². The summed E-state index contributed by atoms with van der Waals surface area (Å²) >= 11 is 0. The van der Waals surface area contributed by atoms with E-state index < -0.39 is 6.10 Å². The first kappa shape index (κ1) is 18.5. The van der Waals surface area contributed by atoms with Crippen molar-refractivity contribution in [2.45, 2.75) is 32.8 Å². The number of benzene rings is 1. The lowest BCUT2D eigenvalue weighted by Gasteiger charge is -2.36. The Balaban J connectivity index is 1.64. The Labute approximate surface area is 165 Å². The molecule has 28 heavy (non-hydrogen) atoms. The van der Waals surface area contributed by atoms with E-state index >= 15 is 0 Å². The number of nitriles is 1. The van der Waals surface area contributed by atoms with E-state index in [0.29, 0.717) is 5.56 Å². The summed E-state index contributed by atoms with van der Waals surface area (Å²) in [6.07, 6.45) is 6.42. The van der Waals surface area contributed by atoms with Gasteiger partial charge in [-0.25, -0.2) is 4.98 Å². The van der Waals surface area contributed by atoms with Crippen LogP contribution >= 0.6 is 0 Å². The fourth-order valence-electron chi connectivity index (χ4n) is 4.38. The van der Waals surface area contributed by atoms with Crippen LogP contribution < -0.4 is 4.90 Å². The molecular weight excluding hydrogens is 350 g/mol. The van der Waals surface area contributed by atoms with Crippen LogP contribution in [-0.4, -0.2) is 32.7 Å². The molecule has 1 fully saturated rings. The second kappa shape index (κ2) is 7.25. The molecular formula is C22H25N5O. The quantitative estimate of drug-likeness (QED) is 0.759. The number of piperidine rings is 1. The zero-order valence-electron chi connectivity index (χ0n) is 16.6. The molecule has 3 heterocycles. The van der Waals surface area contributed by atoms with E-state index in [9.17, 15) is 10.4 Å². The van der Waals surface area contributed by atoms with E-state index in [-0.39, 0.29) is 5.92 Å². The summed E-state index contributed by atoms with van der Waals surface area (Å²) in [5.41, 5.74) is 4.84. The van der Waals surface area contributed by atoms with Crippen LogP contribution in [0.2, 0.25) is 0 Å². The number of rotatable bonds is 3. The van der Waals surface area contributed by atoms with Gasteiger partial charge in [0.1, 0.15) is 18.0 Å². The number of aryl methyl sites for hydroxylation is 3.